The Morgan fingerprint density at radius 3 is 2.67 bits per heavy atom. The van der Waals surface area contributed by atoms with Crippen LogP contribution in [0.25, 0.3) is 0 Å². The Hall–Kier alpha value is -1.48. The molecule has 112 valence electrons. The van der Waals surface area contributed by atoms with E-state index in [2.05, 4.69) is 15.0 Å². The molecule has 9 heteroatoms. The van der Waals surface area contributed by atoms with Crippen LogP contribution in [-0.4, -0.2) is 26.4 Å². The number of carbonyl (C=O) groups excluding carboxylic acids is 1. The molecule has 6 nitrogen and oxygen atoms in total. The molecule has 0 unspecified atom stereocenters. The van der Waals surface area contributed by atoms with Gasteiger partial charge < -0.3 is 0 Å². The van der Waals surface area contributed by atoms with E-state index in [0.29, 0.717) is 5.13 Å². The van der Waals surface area contributed by atoms with Gasteiger partial charge in [-0.05, 0) is 32.2 Å². The van der Waals surface area contributed by atoms with Gasteiger partial charge in [-0.1, -0.05) is 11.6 Å². The molecule has 0 fully saturated rings. The van der Waals surface area contributed by atoms with Crippen molar-refractivity contribution >= 4 is 44.0 Å². The lowest BCUT2D eigenvalue weighted by atomic mass is 10.2. The topological polar surface area (TPSA) is 88.2 Å². The number of thiazole rings is 1. The highest BCUT2D eigenvalue weighted by molar-refractivity contribution is 7.89. The number of sulfonamides is 1. The van der Waals surface area contributed by atoms with Crippen LogP contribution in [0.5, 0.6) is 0 Å². The van der Waals surface area contributed by atoms with Crippen molar-refractivity contribution in [3.63, 3.8) is 0 Å². The van der Waals surface area contributed by atoms with E-state index < -0.39 is 15.9 Å². The maximum absolute atomic E-state index is 12.2. The first-order chi connectivity index (χ1) is 9.83. The average Bonchev–Trinajstić information content (AvgIpc) is 2.84. The molecule has 0 aliphatic heterocycles. The maximum Gasteiger partial charge on any atom is 0.259 e. The zero-order valence-electron chi connectivity index (χ0n) is 11.2. The minimum atomic E-state index is -3.64. The summed E-state index contributed by atoms with van der Waals surface area (Å²) in [5.41, 5.74) is 0.0702. The molecule has 0 atom stereocenters. The van der Waals surface area contributed by atoms with Crippen molar-refractivity contribution in [1.82, 2.24) is 9.71 Å². The van der Waals surface area contributed by atoms with Gasteiger partial charge in [0.05, 0.1) is 15.5 Å². The maximum atomic E-state index is 12.2. The lowest BCUT2D eigenvalue weighted by molar-refractivity contribution is 0.102. The summed E-state index contributed by atoms with van der Waals surface area (Å²) in [5, 5.41) is 3.17. The van der Waals surface area contributed by atoms with Gasteiger partial charge in [-0.3, -0.25) is 10.1 Å². The molecule has 1 aromatic carbocycles. The van der Waals surface area contributed by atoms with E-state index in [4.69, 9.17) is 11.6 Å². The third-order valence-electron chi connectivity index (χ3n) is 2.60. The van der Waals surface area contributed by atoms with E-state index in [1.54, 1.807) is 6.20 Å². The lowest BCUT2D eigenvalue weighted by Crippen LogP contribution is -2.20. The molecular weight excluding hydrogens is 334 g/mol. The molecule has 0 radical (unpaired) electrons. The molecule has 1 heterocycles. The Morgan fingerprint density at radius 1 is 1.38 bits per heavy atom. The number of hydrogen-bond donors (Lipinski definition) is 2. The highest BCUT2D eigenvalue weighted by atomic mass is 35.5. The van der Waals surface area contributed by atoms with Crippen LogP contribution in [0.3, 0.4) is 0 Å². The Kier molecular flexibility index (Phi) is 4.62. The molecule has 21 heavy (non-hydrogen) atoms. The second kappa shape index (κ2) is 6.10. The Labute approximate surface area is 131 Å². The van der Waals surface area contributed by atoms with E-state index in [9.17, 15) is 13.2 Å². The number of nitrogens with one attached hydrogen (secondary N) is 2. The predicted octanol–water partition coefficient (Wildman–Crippen LogP) is 2.27. The van der Waals surface area contributed by atoms with Crippen molar-refractivity contribution in [3.05, 3.63) is 39.9 Å². The first-order valence-electron chi connectivity index (χ1n) is 5.80. The molecule has 1 aromatic heterocycles. The average molecular weight is 346 g/mol. The normalized spacial score (nSPS) is 11.4. The predicted molar refractivity (Wildman–Crippen MR) is 82.5 cm³/mol. The third-order valence-corrected chi connectivity index (χ3v) is 5.17. The highest BCUT2D eigenvalue weighted by Crippen LogP contribution is 2.23. The zero-order chi connectivity index (χ0) is 15.6. The van der Waals surface area contributed by atoms with Gasteiger partial charge >= 0.3 is 0 Å². The molecule has 0 aliphatic rings. The molecule has 0 aliphatic carbocycles. The van der Waals surface area contributed by atoms with Crippen molar-refractivity contribution in [2.45, 2.75) is 11.8 Å². The number of aryl methyl sites for hydroxylation is 1. The smallest absolute Gasteiger partial charge is 0.259 e. The fourth-order valence-corrected chi connectivity index (χ4v) is 3.16. The van der Waals surface area contributed by atoms with Gasteiger partial charge in [-0.2, -0.15) is 0 Å². The van der Waals surface area contributed by atoms with Crippen LogP contribution in [0, 0.1) is 6.92 Å². The SMILES string of the molecule is CNS(=O)(=O)c1ccc(Cl)c(C(=O)Nc2ncc(C)s2)c1. The monoisotopic (exact) mass is 345 g/mol. The molecule has 2 N–H and O–H groups in total. The van der Waals surface area contributed by atoms with Crippen molar-refractivity contribution in [3.8, 4) is 0 Å². The number of carbonyl (C=O) groups is 1. The standard InChI is InChI=1S/C12H12ClN3O3S2/c1-7-6-15-12(20-7)16-11(17)9-5-8(3-4-10(9)13)21(18,19)14-2/h3-6,14H,1-2H3,(H,15,16,17). The molecule has 1 amide bonds. The van der Waals surface area contributed by atoms with Crippen LogP contribution in [-0.2, 0) is 10.0 Å². The molecule has 0 bridgehead atoms. The van der Waals surface area contributed by atoms with Crippen molar-refractivity contribution in [1.29, 1.82) is 0 Å². The molecule has 2 aromatic rings. The number of amides is 1. The molecule has 0 saturated heterocycles. The number of hydrogen-bond acceptors (Lipinski definition) is 5. The van der Waals surface area contributed by atoms with Gasteiger partial charge in [0.2, 0.25) is 10.0 Å². The lowest BCUT2D eigenvalue weighted by Gasteiger charge is -2.07. The molecular formula is C12H12ClN3O3S2. The summed E-state index contributed by atoms with van der Waals surface area (Å²) in [6.45, 7) is 1.86. The molecule has 0 spiro atoms. The Balaban J connectivity index is 2.34. The first-order valence-corrected chi connectivity index (χ1v) is 8.48. The largest absolute Gasteiger partial charge is 0.298 e. The van der Waals surface area contributed by atoms with Gasteiger partial charge in [-0.15, -0.1) is 11.3 Å². The van der Waals surface area contributed by atoms with E-state index in [0.717, 1.165) is 4.88 Å². The van der Waals surface area contributed by atoms with E-state index in [1.165, 1.54) is 36.6 Å². The minimum absolute atomic E-state index is 0.0325. The second-order valence-corrected chi connectivity index (χ2v) is 7.61. The van der Waals surface area contributed by atoms with Crippen LogP contribution in [0.1, 0.15) is 15.2 Å². The Bertz CT molecular complexity index is 787. The fourth-order valence-electron chi connectivity index (χ4n) is 1.54. The van der Waals surface area contributed by atoms with Gasteiger partial charge in [0.25, 0.3) is 5.91 Å². The number of rotatable bonds is 4. The van der Waals surface area contributed by atoms with E-state index in [-0.39, 0.29) is 15.5 Å². The van der Waals surface area contributed by atoms with Crippen LogP contribution >= 0.6 is 22.9 Å². The number of anilines is 1. The van der Waals surface area contributed by atoms with Crippen molar-refractivity contribution in [2.24, 2.45) is 0 Å². The second-order valence-electron chi connectivity index (χ2n) is 4.08. The van der Waals surface area contributed by atoms with Crippen LogP contribution in [0.15, 0.2) is 29.3 Å². The van der Waals surface area contributed by atoms with Crippen molar-refractivity contribution < 1.29 is 13.2 Å². The highest BCUT2D eigenvalue weighted by Gasteiger charge is 2.18. The van der Waals surface area contributed by atoms with Crippen LogP contribution < -0.4 is 10.0 Å². The summed E-state index contributed by atoms with van der Waals surface area (Å²) in [6, 6.07) is 3.93. The van der Waals surface area contributed by atoms with E-state index >= 15 is 0 Å². The summed E-state index contributed by atoms with van der Waals surface area (Å²) in [5.74, 6) is -0.512. The van der Waals surface area contributed by atoms with Crippen LogP contribution in [0.4, 0.5) is 5.13 Å². The summed E-state index contributed by atoms with van der Waals surface area (Å²) in [7, 11) is -2.35. The number of benzene rings is 1. The summed E-state index contributed by atoms with van der Waals surface area (Å²) >= 11 is 7.28. The molecule has 2 rings (SSSR count). The number of aromatic nitrogens is 1. The first kappa shape index (κ1) is 15.9. The summed E-state index contributed by atoms with van der Waals surface area (Å²) in [6.07, 6.45) is 1.63. The van der Waals surface area contributed by atoms with Gasteiger partial charge in [0.1, 0.15) is 0 Å². The number of halogens is 1. The quantitative estimate of drug-likeness (QED) is 0.889. The summed E-state index contributed by atoms with van der Waals surface area (Å²) < 4.78 is 25.7. The zero-order valence-corrected chi connectivity index (χ0v) is 13.6. The van der Waals surface area contributed by atoms with Crippen LogP contribution in [0.2, 0.25) is 5.02 Å². The summed E-state index contributed by atoms with van der Waals surface area (Å²) in [4.78, 5) is 17.1. The fraction of sp³-hybridized carbons (Fsp3) is 0.167. The molecule has 0 saturated carbocycles. The minimum Gasteiger partial charge on any atom is -0.298 e. The Morgan fingerprint density at radius 2 is 2.10 bits per heavy atom. The number of nitrogens with zero attached hydrogens (tertiary/aromatic N) is 1. The van der Waals surface area contributed by atoms with E-state index in [1.807, 2.05) is 6.92 Å². The van der Waals surface area contributed by atoms with Gasteiger partial charge in [-0.25, -0.2) is 18.1 Å². The van der Waals surface area contributed by atoms with Gasteiger partial charge in [0.15, 0.2) is 5.13 Å². The van der Waals surface area contributed by atoms with Gasteiger partial charge in [0, 0.05) is 11.1 Å². The third kappa shape index (κ3) is 3.59. The van der Waals surface area contributed by atoms with Crippen molar-refractivity contribution in [2.75, 3.05) is 12.4 Å².